The van der Waals surface area contributed by atoms with E-state index in [1.54, 1.807) is 0 Å². The van der Waals surface area contributed by atoms with Crippen LogP contribution < -0.4 is 4.74 Å². The largest absolute Gasteiger partial charge is 0.457 e. The van der Waals surface area contributed by atoms with Gasteiger partial charge >= 0.3 is 0 Å². The molecule has 2 aromatic rings. The Morgan fingerprint density at radius 2 is 0.968 bits per heavy atom. The van der Waals surface area contributed by atoms with Crippen molar-refractivity contribution < 1.29 is 4.74 Å². The quantitative estimate of drug-likeness (QED) is 0.375. The predicted molar refractivity (Wildman–Crippen MR) is 133 cm³/mol. The molecule has 0 aromatic heterocycles. The highest BCUT2D eigenvalue weighted by Crippen LogP contribution is 2.54. The van der Waals surface area contributed by atoms with Crippen LogP contribution >= 0.6 is 46.7 Å². The van der Waals surface area contributed by atoms with Crippen molar-refractivity contribution in [1.29, 1.82) is 0 Å². The van der Waals surface area contributed by atoms with Gasteiger partial charge in [0, 0.05) is 31.0 Å². The highest BCUT2D eigenvalue weighted by Gasteiger charge is 2.48. The van der Waals surface area contributed by atoms with E-state index in [2.05, 4.69) is 48.5 Å². The van der Waals surface area contributed by atoms with E-state index in [-0.39, 0.29) is 0 Å². The third-order valence-corrected chi connectivity index (χ3v) is 12.5. The minimum absolute atomic E-state index is 0.338. The third kappa shape index (κ3) is 4.14. The average Bonchev–Trinajstić information content (AvgIpc) is 3.56. The summed E-state index contributed by atoms with van der Waals surface area (Å²) in [6.07, 6.45) is 8.02. The second-order valence-electron chi connectivity index (χ2n) is 9.77. The van der Waals surface area contributed by atoms with Crippen LogP contribution in [0.1, 0.15) is 38.5 Å². The lowest BCUT2D eigenvalue weighted by Gasteiger charge is -2.26. The van der Waals surface area contributed by atoms with Gasteiger partial charge in [-0.1, -0.05) is 0 Å². The van der Waals surface area contributed by atoms with Crippen LogP contribution in [0.4, 0.5) is 0 Å². The Balaban J connectivity index is 1.05. The van der Waals surface area contributed by atoms with E-state index in [4.69, 9.17) is 27.9 Å². The topological polar surface area (TPSA) is 9.23 Å². The summed E-state index contributed by atoms with van der Waals surface area (Å²) in [5, 5.41) is 1.81. The van der Waals surface area contributed by atoms with Crippen molar-refractivity contribution in [3.8, 4) is 11.5 Å². The average molecular weight is 492 g/mol. The molecule has 0 spiro atoms. The smallest absolute Gasteiger partial charge is 0.127 e. The summed E-state index contributed by atoms with van der Waals surface area (Å²) in [4.78, 5) is 2.59. The van der Waals surface area contributed by atoms with Crippen LogP contribution in [0.25, 0.3) is 0 Å². The number of benzene rings is 2. The molecule has 4 saturated carbocycles. The van der Waals surface area contributed by atoms with Crippen molar-refractivity contribution in [2.45, 2.75) is 69.6 Å². The van der Waals surface area contributed by atoms with Gasteiger partial charge in [0.25, 0.3) is 0 Å². The van der Waals surface area contributed by atoms with Crippen molar-refractivity contribution in [1.82, 2.24) is 0 Å². The predicted octanol–water partition coefficient (Wildman–Crippen LogP) is 8.47. The minimum atomic E-state index is 0.338. The monoisotopic (exact) mass is 490 g/mol. The standard InChI is InChI=1S/C26H28Cl2OS2/c27-23-15-1-3-17(13-15)25(23)30-21-9-5-19(6-10-21)29-20-7-11-22(12-8-20)31-26-18-4-2-16(14-18)24(26)28/h5-12,15-18,23-26H,1-4,13-14H2. The lowest BCUT2D eigenvalue weighted by Crippen LogP contribution is -2.24. The molecule has 0 heterocycles. The van der Waals surface area contributed by atoms with Crippen LogP contribution in [0.15, 0.2) is 58.3 Å². The summed E-state index contributed by atoms with van der Waals surface area (Å²) < 4.78 is 6.10. The molecule has 31 heavy (non-hydrogen) atoms. The van der Waals surface area contributed by atoms with Crippen molar-refractivity contribution in [3.05, 3.63) is 48.5 Å². The second kappa shape index (κ2) is 8.70. The highest BCUT2D eigenvalue weighted by atomic mass is 35.5. The molecule has 4 aliphatic rings. The van der Waals surface area contributed by atoms with Gasteiger partial charge in [0.05, 0.1) is 0 Å². The van der Waals surface area contributed by atoms with E-state index in [0.717, 1.165) is 35.2 Å². The Labute approximate surface area is 204 Å². The number of thioether (sulfide) groups is 2. The van der Waals surface area contributed by atoms with Crippen LogP contribution in [-0.2, 0) is 0 Å². The zero-order valence-electron chi connectivity index (χ0n) is 17.5. The molecule has 1 nitrogen and oxygen atoms in total. The van der Waals surface area contributed by atoms with E-state index in [1.807, 2.05) is 23.5 Å². The Morgan fingerprint density at radius 3 is 1.32 bits per heavy atom. The van der Waals surface area contributed by atoms with Crippen molar-refractivity contribution in [3.63, 3.8) is 0 Å². The molecule has 0 aliphatic heterocycles. The van der Waals surface area contributed by atoms with E-state index < -0.39 is 0 Å². The van der Waals surface area contributed by atoms with Gasteiger partial charge in [-0.2, -0.15) is 0 Å². The summed E-state index contributed by atoms with van der Waals surface area (Å²) in [5.74, 6) is 4.86. The maximum atomic E-state index is 6.70. The molecule has 5 heteroatoms. The molecular formula is C26H28Cl2OS2. The summed E-state index contributed by atoms with van der Waals surface area (Å²) >= 11 is 17.3. The van der Waals surface area contributed by atoms with Crippen LogP contribution in [0, 0.1) is 23.7 Å². The van der Waals surface area contributed by atoms with Gasteiger partial charge in [-0.15, -0.1) is 46.7 Å². The van der Waals surface area contributed by atoms with Gasteiger partial charge in [0.2, 0.25) is 0 Å². The zero-order valence-corrected chi connectivity index (χ0v) is 20.6. The van der Waals surface area contributed by atoms with Crippen LogP contribution in [0.2, 0.25) is 0 Å². The first kappa shape index (κ1) is 21.1. The Kier molecular flexibility index (Phi) is 5.92. The summed E-state index contributed by atoms with van der Waals surface area (Å²) in [6.45, 7) is 0. The Hall–Kier alpha value is -0.480. The molecule has 0 N–H and O–H groups in total. The van der Waals surface area contributed by atoms with Gasteiger partial charge in [-0.3, -0.25) is 0 Å². The van der Waals surface area contributed by atoms with E-state index in [1.165, 1.54) is 48.3 Å². The van der Waals surface area contributed by atoms with Gasteiger partial charge in [-0.25, -0.2) is 0 Å². The van der Waals surface area contributed by atoms with E-state index in [9.17, 15) is 0 Å². The first-order chi connectivity index (χ1) is 15.1. The van der Waals surface area contributed by atoms with Crippen molar-refractivity contribution in [2.24, 2.45) is 23.7 Å². The number of fused-ring (bicyclic) bond motifs is 4. The molecule has 6 rings (SSSR count). The molecule has 0 amide bonds. The first-order valence-electron chi connectivity index (χ1n) is 11.6. The van der Waals surface area contributed by atoms with Gasteiger partial charge in [0.1, 0.15) is 11.5 Å². The van der Waals surface area contributed by atoms with Gasteiger partial charge in [-0.05, 0) is 111 Å². The van der Waals surface area contributed by atoms with Crippen LogP contribution in [-0.4, -0.2) is 21.3 Å². The minimum Gasteiger partial charge on any atom is -0.457 e. The Morgan fingerprint density at radius 1 is 0.581 bits per heavy atom. The lowest BCUT2D eigenvalue weighted by atomic mass is 10.00. The maximum absolute atomic E-state index is 6.70. The number of ether oxygens (including phenoxy) is 1. The molecule has 4 bridgehead atoms. The lowest BCUT2D eigenvalue weighted by molar-refractivity contribution is 0.481. The second-order valence-corrected chi connectivity index (χ2v) is 13.3. The molecule has 8 atom stereocenters. The molecule has 0 saturated heterocycles. The van der Waals surface area contributed by atoms with Gasteiger partial charge in [0.15, 0.2) is 0 Å². The SMILES string of the molecule is ClC1C2CCC(C2)C1Sc1ccc(Oc2ccc(SC3C4CCC(C4)C3Cl)cc2)cc1. The molecular weight excluding hydrogens is 463 g/mol. The third-order valence-electron chi connectivity index (χ3n) is 7.91. The van der Waals surface area contributed by atoms with Gasteiger partial charge < -0.3 is 4.74 Å². The molecule has 4 fully saturated rings. The Bertz CT molecular complexity index is 839. The fourth-order valence-corrected chi connectivity index (χ4v) is 10.3. The van der Waals surface area contributed by atoms with E-state index >= 15 is 0 Å². The van der Waals surface area contributed by atoms with Crippen LogP contribution in [0.3, 0.4) is 0 Å². The number of alkyl halides is 2. The fourth-order valence-electron chi connectivity index (χ4n) is 6.28. The first-order valence-corrected chi connectivity index (χ1v) is 14.3. The summed E-state index contributed by atoms with van der Waals surface area (Å²) in [5.41, 5.74) is 0. The fraction of sp³-hybridized carbons (Fsp3) is 0.538. The molecule has 164 valence electrons. The zero-order chi connectivity index (χ0) is 20.9. The van der Waals surface area contributed by atoms with Crippen molar-refractivity contribution in [2.75, 3.05) is 0 Å². The summed E-state index contributed by atoms with van der Waals surface area (Å²) in [6, 6.07) is 17.0. The molecule has 0 radical (unpaired) electrons. The van der Waals surface area contributed by atoms with E-state index in [0.29, 0.717) is 21.3 Å². The molecule has 2 aromatic carbocycles. The number of rotatable bonds is 6. The molecule has 8 unspecified atom stereocenters. The molecule has 4 aliphatic carbocycles. The maximum Gasteiger partial charge on any atom is 0.127 e. The number of hydrogen-bond acceptors (Lipinski definition) is 3. The number of halogens is 2. The summed E-state index contributed by atoms with van der Waals surface area (Å²) in [7, 11) is 0. The number of hydrogen-bond donors (Lipinski definition) is 0. The normalized spacial score (nSPS) is 38.1. The highest BCUT2D eigenvalue weighted by molar-refractivity contribution is 8.00. The van der Waals surface area contributed by atoms with Crippen LogP contribution in [0.5, 0.6) is 11.5 Å². The van der Waals surface area contributed by atoms with Crippen molar-refractivity contribution >= 4 is 46.7 Å².